The van der Waals surface area contributed by atoms with Crippen LogP contribution in [0.3, 0.4) is 0 Å². The average molecular weight is 1100 g/mol. The predicted molar refractivity (Wildman–Crippen MR) is 230 cm³/mol. The molecule has 0 aliphatic rings. The third-order valence-corrected chi connectivity index (χ3v) is 14.5. The smallest absolute Gasteiger partial charge is 1.00 e. The molecule has 0 radical (unpaired) electrons. The molecule has 0 aliphatic heterocycles. The van der Waals surface area contributed by atoms with Crippen LogP contribution in [0.1, 0.15) is 25.0 Å². The minimum Gasteiger partial charge on any atom is -1.00 e. The fourth-order valence-electron chi connectivity index (χ4n) is 6.41. The number of imide groups is 2. The number of anilines is 4. The normalized spacial score (nSPS) is 12.1. The first-order valence-electron chi connectivity index (χ1n) is 17.2. The Hall–Kier alpha value is -3.49. The number of benzene rings is 6. The summed E-state index contributed by atoms with van der Waals surface area (Å²) < 4.78 is 206. The Balaban J connectivity index is 0.00000840. The molecule has 0 spiro atoms. The molecule has 0 aromatic heterocycles. The van der Waals surface area contributed by atoms with Crippen LogP contribution in [0, 0.1) is 0 Å². The molecule has 0 aliphatic carbocycles. The van der Waals surface area contributed by atoms with Gasteiger partial charge in [-0.3, -0.25) is 47.5 Å². The van der Waals surface area contributed by atoms with Crippen LogP contribution in [0.15, 0.2) is 126 Å². The Morgan fingerprint density at radius 2 is 0.652 bits per heavy atom. The van der Waals surface area contributed by atoms with Gasteiger partial charge in [0, 0.05) is 44.0 Å². The Bertz CT molecular complexity index is 3610. The number of carbonyl (C=O) groups is 3. The van der Waals surface area contributed by atoms with Crippen LogP contribution in [-0.2, 0) is 60.7 Å². The number of fused-ring (bicyclic) bond motifs is 2. The SMILES string of the molecule is O=C(NC(=O)c1ccc(Nc2ccc(S(=O)(=O)O)c3cccc(S(=O)(=O)O)c23)c(S(=O)(=O)O)c1)NC(=O)c1ccc(Nc2ccc(S(=O)(=O)O)c3cccc(S(=O)(=O)O)c23)c(S(=O)(=O)O)c1.[H-].[H-].[H-].[Na+].[Na+].[Na+]. The molecule has 0 heterocycles. The first-order valence-corrected chi connectivity index (χ1v) is 25.9. The van der Waals surface area contributed by atoms with Crippen LogP contribution in [-0.4, -0.2) is 95.7 Å². The topological polar surface area (TPSA) is 426 Å². The van der Waals surface area contributed by atoms with E-state index in [1.54, 1.807) is 10.6 Å². The Morgan fingerprint density at radius 1 is 0.362 bits per heavy atom. The van der Waals surface area contributed by atoms with Gasteiger partial charge in [-0.25, -0.2) is 4.79 Å². The van der Waals surface area contributed by atoms with E-state index in [1.165, 1.54) is 0 Å². The molecule has 69 heavy (non-hydrogen) atoms. The van der Waals surface area contributed by atoms with Gasteiger partial charge in [0.2, 0.25) is 0 Å². The van der Waals surface area contributed by atoms with E-state index in [0.29, 0.717) is 12.1 Å². The Kier molecular flexibility index (Phi) is 18.8. The fourth-order valence-corrected chi connectivity index (χ4v) is 10.6. The van der Waals surface area contributed by atoms with E-state index in [9.17, 15) is 92.2 Å². The minimum atomic E-state index is -5.33. The number of rotatable bonds is 12. The van der Waals surface area contributed by atoms with E-state index >= 15 is 0 Å². The predicted octanol–water partition coefficient (Wildman–Crippen LogP) is -5.41. The quantitative estimate of drug-likeness (QED) is 0.0404. The molecule has 34 heteroatoms. The van der Waals surface area contributed by atoms with Crippen molar-refractivity contribution in [3.8, 4) is 0 Å². The molecule has 10 N–H and O–H groups in total. The van der Waals surface area contributed by atoms with Crippen LogP contribution in [0.25, 0.3) is 21.5 Å². The zero-order valence-corrected chi connectivity index (χ0v) is 45.9. The average Bonchev–Trinajstić information content (AvgIpc) is 3.18. The van der Waals surface area contributed by atoms with Crippen LogP contribution in [0.2, 0.25) is 0 Å². The standard InChI is InChI=1S/C35H26N4O21S6.3Na.3H/c40-33(17-7-9-21(29(15-17)65(55,56)57)36-23-11-13-25(61(43,44)45)19-3-1-5-27(31(19)23)63(49,50)51)38-35(42)39-34(41)18-8-10-22(30(16-18)66(58,59)60)37-24-12-14-26(62(46,47)48)20-4-2-6-28(32(20)24)64(52,53)54;;;;;;/h1-16,36-37H,(H,43,44,45)(H,46,47,48)(H,49,50,51)(H,52,53,54)(H,55,56,57)(H,58,59,60)(H2,38,39,40,41,42);;;;;;/q;3*+1;3*-1. The van der Waals surface area contributed by atoms with Gasteiger partial charge in [-0.05, 0) is 72.8 Å². The number of nitrogens with one attached hydrogen (secondary N) is 4. The number of hydrogen-bond donors (Lipinski definition) is 10. The van der Waals surface area contributed by atoms with Gasteiger partial charge in [0.05, 0.1) is 11.4 Å². The molecule has 354 valence electrons. The summed E-state index contributed by atoms with van der Waals surface area (Å²) in [5.41, 5.74) is -3.43. The number of amides is 4. The molecule has 6 aromatic rings. The van der Waals surface area contributed by atoms with Gasteiger partial charge in [-0.2, -0.15) is 50.5 Å². The van der Waals surface area contributed by atoms with E-state index in [4.69, 9.17) is 0 Å². The van der Waals surface area contributed by atoms with Crippen molar-refractivity contribution < 1.29 is 185 Å². The second kappa shape index (κ2) is 21.7. The molecular formula is C35H29N4Na3O21S6. The monoisotopic (exact) mass is 1100 g/mol. The van der Waals surface area contributed by atoms with Gasteiger partial charge in [0.15, 0.2) is 0 Å². The third kappa shape index (κ3) is 13.5. The van der Waals surface area contributed by atoms with Crippen molar-refractivity contribution in [2.24, 2.45) is 0 Å². The molecule has 0 saturated carbocycles. The molecule has 4 amide bonds. The summed E-state index contributed by atoms with van der Waals surface area (Å²) >= 11 is 0. The zero-order valence-electron chi connectivity index (χ0n) is 38.0. The van der Waals surface area contributed by atoms with Gasteiger partial charge in [0.1, 0.15) is 29.4 Å². The van der Waals surface area contributed by atoms with Crippen molar-refractivity contribution in [2.75, 3.05) is 10.6 Å². The van der Waals surface area contributed by atoms with E-state index in [1.807, 2.05) is 0 Å². The fraction of sp³-hybridized carbons (Fsp3) is 0. The van der Waals surface area contributed by atoms with Crippen LogP contribution in [0.4, 0.5) is 27.5 Å². The second-order valence-electron chi connectivity index (χ2n) is 13.3. The van der Waals surface area contributed by atoms with Crippen molar-refractivity contribution in [1.29, 1.82) is 0 Å². The maximum atomic E-state index is 13.1. The summed E-state index contributed by atoms with van der Waals surface area (Å²) in [4.78, 5) is 33.2. The zero-order chi connectivity index (χ0) is 49.1. The van der Waals surface area contributed by atoms with E-state index in [2.05, 4.69) is 10.6 Å². The largest absolute Gasteiger partial charge is 1.00 e. The van der Waals surface area contributed by atoms with Crippen molar-refractivity contribution in [1.82, 2.24) is 10.6 Å². The maximum Gasteiger partial charge on any atom is 1.00 e. The third-order valence-electron chi connectivity index (χ3n) is 9.07. The summed E-state index contributed by atoms with van der Waals surface area (Å²) in [6.45, 7) is 0. The molecular weight excluding hydrogens is 1070 g/mol. The molecule has 6 rings (SSSR count). The Morgan fingerprint density at radius 3 is 0.942 bits per heavy atom. The van der Waals surface area contributed by atoms with Gasteiger partial charge in [-0.15, -0.1) is 0 Å². The summed E-state index contributed by atoms with van der Waals surface area (Å²) in [5.74, 6) is -2.88. The second-order valence-corrected chi connectivity index (χ2v) is 21.7. The van der Waals surface area contributed by atoms with Gasteiger partial charge in [-0.1, -0.05) is 24.3 Å². The van der Waals surface area contributed by atoms with E-state index in [-0.39, 0.29) is 93.0 Å². The number of hydrogen-bond acceptors (Lipinski definition) is 17. The van der Waals surface area contributed by atoms with Crippen molar-refractivity contribution in [3.05, 3.63) is 108 Å². The molecule has 6 aromatic carbocycles. The van der Waals surface area contributed by atoms with Gasteiger partial charge < -0.3 is 14.9 Å². The molecule has 25 nitrogen and oxygen atoms in total. The minimum absolute atomic E-state index is 0. The maximum absolute atomic E-state index is 13.1. The summed E-state index contributed by atoms with van der Waals surface area (Å²) in [6.07, 6.45) is 0. The van der Waals surface area contributed by atoms with Crippen molar-refractivity contribution in [2.45, 2.75) is 29.4 Å². The molecule has 0 atom stereocenters. The van der Waals surface area contributed by atoms with Gasteiger partial charge >= 0.3 is 94.7 Å². The number of carbonyl (C=O) groups excluding carboxylic acids is 3. The summed E-state index contributed by atoms with van der Waals surface area (Å²) in [5, 5.41) is 6.11. The van der Waals surface area contributed by atoms with Gasteiger partial charge in [0.25, 0.3) is 72.5 Å². The van der Waals surface area contributed by atoms with Crippen molar-refractivity contribution >= 4 is 123 Å². The molecule has 0 unspecified atom stereocenters. The first kappa shape index (κ1) is 59.8. The van der Waals surface area contributed by atoms with Crippen LogP contribution < -0.4 is 110 Å². The molecule has 0 fully saturated rings. The van der Waals surface area contributed by atoms with Crippen LogP contribution in [0.5, 0.6) is 0 Å². The summed E-state index contributed by atoms with van der Waals surface area (Å²) in [7, 11) is -30.9. The number of urea groups is 1. The Labute approximate surface area is 461 Å². The van der Waals surface area contributed by atoms with Crippen LogP contribution >= 0.6 is 0 Å². The molecule has 0 bridgehead atoms. The van der Waals surface area contributed by atoms with Crippen molar-refractivity contribution in [3.63, 3.8) is 0 Å². The van der Waals surface area contributed by atoms with E-state index in [0.717, 1.165) is 84.9 Å². The first-order chi connectivity index (χ1) is 30.3. The van der Waals surface area contributed by atoms with E-state index < -0.39 is 163 Å². The summed E-state index contributed by atoms with van der Waals surface area (Å²) in [6, 6.07) is 11.9. The molecule has 0 saturated heterocycles.